The molecule has 2 heterocycles. The van der Waals surface area contributed by atoms with Crippen molar-refractivity contribution >= 4 is 45.9 Å². The summed E-state index contributed by atoms with van der Waals surface area (Å²) in [6.07, 6.45) is 0. The summed E-state index contributed by atoms with van der Waals surface area (Å²) in [6.45, 7) is 6.07. The maximum atomic E-state index is 11.8. The summed E-state index contributed by atoms with van der Waals surface area (Å²) in [5, 5.41) is 2.74. The number of hydrogen-bond acceptors (Lipinski definition) is 5. The monoisotopic (exact) mass is 329 g/mol. The van der Waals surface area contributed by atoms with Crippen LogP contribution in [0.5, 0.6) is 0 Å². The summed E-state index contributed by atoms with van der Waals surface area (Å²) in [4.78, 5) is 14.2. The van der Waals surface area contributed by atoms with Crippen LogP contribution >= 0.6 is 34.3 Å². The van der Waals surface area contributed by atoms with Gasteiger partial charge in [-0.3, -0.25) is 0 Å². The van der Waals surface area contributed by atoms with E-state index >= 15 is 0 Å². The largest absolute Gasteiger partial charge is 0.465 e. The predicted molar refractivity (Wildman–Crippen MR) is 87.2 cm³/mol. The van der Waals surface area contributed by atoms with Gasteiger partial charge in [-0.15, -0.1) is 22.7 Å². The minimum absolute atomic E-state index is 0.207. The molecule has 20 heavy (non-hydrogen) atoms. The average molecular weight is 330 g/mol. The molecule has 0 amide bonds. The Labute approximate surface area is 131 Å². The summed E-state index contributed by atoms with van der Waals surface area (Å²) in [5.41, 5.74) is 8.66. The summed E-state index contributed by atoms with van der Waals surface area (Å²) < 4.78 is 4.80. The second kappa shape index (κ2) is 5.76. The third-order valence-corrected chi connectivity index (χ3v) is 6.10. The van der Waals surface area contributed by atoms with Crippen molar-refractivity contribution in [1.82, 2.24) is 0 Å². The molecular weight excluding hydrogens is 314 g/mol. The van der Waals surface area contributed by atoms with Crippen LogP contribution in [-0.2, 0) is 4.74 Å². The lowest BCUT2D eigenvalue weighted by molar-refractivity contribution is 0.0607. The fraction of sp³-hybridized carbons (Fsp3) is 0.357. The molecule has 0 fully saturated rings. The number of halogens is 1. The van der Waals surface area contributed by atoms with Crippen LogP contribution in [0.25, 0.3) is 9.75 Å². The first-order chi connectivity index (χ1) is 9.38. The first-order valence-electron chi connectivity index (χ1n) is 6.12. The maximum Gasteiger partial charge on any atom is 0.350 e. The van der Waals surface area contributed by atoms with E-state index in [0.29, 0.717) is 10.6 Å². The number of rotatable bonds is 3. The molecule has 0 aliphatic carbocycles. The summed E-state index contributed by atoms with van der Waals surface area (Å²) in [6, 6.07) is 0. The average Bonchev–Trinajstić information content (AvgIpc) is 2.90. The van der Waals surface area contributed by atoms with E-state index in [0.717, 1.165) is 25.9 Å². The lowest BCUT2D eigenvalue weighted by Gasteiger charge is -2.08. The molecule has 0 aliphatic rings. The molecule has 0 atom stereocenters. The summed E-state index contributed by atoms with van der Waals surface area (Å²) in [5.74, 6) is -0.192. The number of thiophene rings is 2. The van der Waals surface area contributed by atoms with Gasteiger partial charge in [-0.05, 0) is 29.3 Å². The van der Waals surface area contributed by atoms with E-state index in [-0.39, 0.29) is 5.92 Å². The zero-order chi connectivity index (χ0) is 15.0. The van der Waals surface area contributed by atoms with Crippen LogP contribution in [0.1, 0.15) is 40.6 Å². The van der Waals surface area contributed by atoms with Gasteiger partial charge in [-0.1, -0.05) is 25.4 Å². The predicted octanol–water partition coefficient (Wildman–Crippen LogP) is 4.93. The number of nitrogen functional groups attached to an aromatic ring is 1. The van der Waals surface area contributed by atoms with Crippen molar-refractivity contribution in [2.75, 3.05) is 12.8 Å². The minimum Gasteiger partial charge on any atom is -0.465 e. The molecular formula is C14H16ClNO2S2. The van der Waals surface area contributed by atoms with Crippen LogP contribution in [0.2, 0.25) is 5.02 Å². The van der Waals surface area contributed by atoms with Gasteiger partial charge in [0.2, 0.25) is 0 Å². The smallest absolute Gasteiger partial charge is 0.350 e. The van der Waals surface area contributed by atoms with E-state index in [2.05, 4.69) is 13.8 Å². The van der Waals surface area contributed by atoms with Gasteiger partial charge in [-0.25, -0.2) is 4.79 Å². The van der Waals surface area contributed by atoms with Crippen molar-refractivity contribution in [3.63, 3.8) is 0 Å². The molecule has 0 spiro atoms. The second-order valence-electron chi connectivity index (χ2n) is 4.80. The number of anilines is 1. The third-order valence-electron chi connectivity index (χ3n) is 3.04. The second-order valence-corrected chi connectivity index (χ2v) is 7.07. The Morgan fingerprint density at radius 1 is 1.40 bits per heavy atom. The molecule has 0 aliphatic heterocycles. The zero-order valence-electron chi connectivity index (χ0n) is 11.7. The van der Waals surface area contributed by atoms with E-state index in [1.54, 1.807) is 11.3 Å². The van der Waals surface area contributed by atoms with E-state index in [9.17, 15) is 4.79 Å². The summed E-state index contributed by atoms with van der Waals surface area (Å²) >= 11 is 9.28. The molecule has 0 radical (unpaired) electrons. The number of esters is 1. The van der Waals surface area contributed by atoms with Crippen LogP contribution < -0.4 is 5.73 Å². The van der Waals surface area contributed by atoms with Crippen molar-refractivity contribution in [3.8, 4) is 9.75 Å². The lowest BCUT2D eigenvalue weighted by Crippen LogP contribution is -2.03. The summed E-state index contributed by atoms with van der Waals surface area (Å²) in [7, 11) is 1.36. The Morgan fingerprint density at radius 3 is 2.50 bits per heavy atom. The Morgan fingerprint density at radius 2 is 2.05 bits per heavy atom. The molecule has 2 rings (SSSR count). The van der Waals surface area contributed by atoms with E-state index in [4.69, 9.17) is 22.1 Å². The van der Waals surface area contributed by atoms with Crippen LogP contribution in [0.3, 0.4) is 0 Å². The molecule has 0 bridgehead atoms. The minimum atomic E-state index is -0.398. The molecule has 2 N–H and O–H groups in total. The number of methoxy groups -OCH3 is 1. The van der Waals surface area contributed by atoms with Crippen molar-refractivity contribution < 1.29 is 9.53 Å². The fourth-order valence-corrected chi connectivity index (χ4v) is 4.83. The lowest BCUT2D eigenvalue weighted by atomic mass is 10.0. The van der Waals surface area contributed by atoms with Gasteiger partial charge < -0.3 is 10.5 Å². The SMILES string of the molecule is COC(=O)c1sc(-c2scc(C)c2Cl)c(C(C)C)c1N. The highest BCUT2D eigenvalue weighted by atomic mass is 35.5. The Balaban J connectivity index is 2.69. The molecule has 108 valence electrons. The van der Waals surface area contributed by atoms with Gasteiger partial charge in [0.05, 0.1) is 27.6 Å². The fourth-order valence-electron chi connectivity index (χ4n) is 2.03. The maximum absolute atomic E-state index is 11.8. The van der Waals surface area contributed by atoms with Crippen molar-refractivity contribution in [1.29, 1.82) is 0 Å². The Bertz CT molecular complexity index is 658. The van der Waals surface area contributed by atoms with Crippen LogP contribution in [-0.4, -0.2) is 13.1 Å². The highest BCUT2D eigenvalue weighted by Crippen LogP contribution is 2.47. The van der Waals surface area contributed by atoms with Crippen LogP contribution in [0.4, 0.5) is 5.69 Å². The number of hydrogen-bond donors (Lipinski definition) is 1. The van der Waals surface area contributed by atoms with Gasteiger partial charge in [-0.2, -0.15) is 0 Å². The van der Waals surface area contributed by atoms with Gasteiger partial charge in [0.25, 0.3) is 0 Å². The molecule has 2 aromatic rings. The topological polar surface area (TPSA) is 52.3 Å². The van der Waals surface area contributed by atoms with Crippen LogP contribution in [0.15, 0.2) is 5.38 Å². The number of ether oxygens (including phenoxy) is 1. The van der Waals surface area contributed by atoms with Gasteiger partial charge in [0.15, 0.2) is 0 Å². The number of carbonyl (C=O) groups is 1. The van der Waals surface area contributed by atoms with Gasteiger partial charge in [0, 0.05) is 0 Å². The normalized spacial score (nSPS) is 11.1. The molecule has 0 unspecified atom stereocenters. The van der Waals surface area contributed by atoms with E-state index in [1.165, 1.54) is 18.4 Å². The Hall–Kier alpha value is -1.04. The van der Waals surface area contributed by atoms with Crippen molar-refractivity contribution in [2.45, 2.75) is 26.7 Å². The number of carbonyl (C=O) groups excluding carboxylic acids is 1. The van der Waals surface area contributed by atoms with Gasteiger partial charge >= 0.3 is 5.97 Å². The van der Waals surface area contributed by atoms with E-state index < -0.39 is 5.97 Å². The molecule has 2 aromatic heterocycles. The van der Waals surface area contributed by atoms with Crippen molar-refractivity contribution in [2.24, 2.45) is 0 Å². The number of nitrogens with two attached hydrogens (primary N) is 1. The first-order valence-corrected chi connectivity index (χ1v) is 8.20. The standard InChI is InChI=1S/C14H16ClNO2S2/c1-6(2)8-10(16)13(14(17)18-4)20-11(8)12-9(15)7(3)5-19-12/h5-6H,16H2,1-4H3. The molecule has 0 saturated carbocycles. The van der Waals surface area contributed by atoms with Gasteiger partial charge in [0.1, 0.15) is 4.88 Å². The number of aryl methyl sites for hydroxylation is 1. The molecule has 0 aromatic carbocycles. The van der Waals surface area contributed by atoms with Crippen LogP contribution in [0, 0.1) is 6.92 Å². The molecule has 6 heteroatoms. The first kappa shape index (κ1) is 15.4. The molecule has 3 nitrogen and oxygen atoms in total. The Kier molecular flexibility index (Phi) is 4.42. The quantitative estimate of drug-likeness (QED) is 0.812. The highest BCUT2D eigenvalue weighted by molar-refractivity contribution is 7.23. The zero-order valence-corrected chi connectivity index (χ0v) is 14.1. The third kappa shape index (κ3) is 2.45. The molecule has 0 saturated heterocycles. The van der Waals surface area contributed by atoms with E-state index in [1.807, 2.05) is 12.3 Å². The van der Waals surface area contributed by atoms with Crippen molar-refractivity contribution in [3.05, 3.63) is 26.4 Å². The highest BCUT2D eigenvalue weighted by Gasteiger charge is 2.26.